The van der Waals surface area contributed by atoms with Gasteiger partial charge in [0.1, 0.15) is 12.4 Å². The smallest absolute Gasteiger partial charge is 0.255 e. The average molecular weight is 383 g/mol. The molecule has 138 valence electrons. The summed E-state index contributed by atoms with van der Waals surface area (Å²) in [4.78, 5) is 16.7. The monoisotopic (exact) mass is 382 g/mol. The first-order valence-corrected chi connectivity index (χ1v) is 8.77. The summed E-state index contributed by atoms with van der Waals surface area (Å²) in [5, 5.41) is 3.33. The van der Waals surface area contributed by atoms with Gasteiger partial charge in [-0.2, -0.15) is 0 Å². The number of carbonyl (C=O) groups is 1. The summed E-state index contributed by atoms with van der Waals surface area (Å²) in [5.74, 6) is 0.711. The van der Waals surface area contributed by atoms with E-state index in [1.165, 1.54) is 7.11 Å². The molecule has 0 aliphatic heterocycles. The highest BCUT2D eigenvalue weighted by molar-refractivity contribution is 6.31. The van der Waals surface area contributed by atoms with Crippen molar-refractivity contribution in [2.75, 3.05) is 7.11 Å². The van der Waals surface area contributed by atoms with Gasteiger partial charge in [0, 0.05) is 23.8 Å². The Labute approximate surface area is 162 Å². The molecular formula is C21H19ClN2O3. The summed E-state index contributed by atoms with van der Waals surface area (Å²) in [7, 11) is 1.51. The van der Waals surface area contributed by atoms with Gasteiger partial charge in [-0.3, -0.25) is 4.79 Å². The molecule has 1 heterocycles. The Morgan fingerprint density at radius 3 is 2.67 bits per heavy atom. The number of benzene rings is 2. The Bertz CT molecular complexity index is 916. The van der Waals surface area contributed by atoms with Crippen LogP contribution in [0.25, 0.3) is 0 Å². The van der Waals surface area contributed by atoms with Crippen molar-refractivity contribution in [2.24, 2.45) is 0 Å². The van der Waals surface area contributed by atoms with Crippen molar-refractivity contribution in [1.29, 1.82) is 0 Å². The van der Waals surface area contributed by atoms with E-state index in [-0.39, 0.29) is 5.91 Å². The normalized spacial score (nSPS) is 10.3. The van der Waals surface area contributed by atoms with E-state index in [0.717, 1.165) is 11.1 Å². The number of methoxy groups -OCH3 is 1. The highest BCUT2D eigenvalue weighted by Crippen LogP contribution is 2.22. The molecule has 5 nitrogen and oxygen atoms in total. The molecule has 27 heavy (non-hydrogen) atoms. The number of aromatic nitrogens is 1. The Morgan fingerprint density at radius 1 is 1.07 bits per heavy atom. The minimum Gasteiger partial charge on any atom is -0.496 e. The standard InChI is InChI=1S/C21H19ClN2O3/c1-26-19-8-7-17(22)12-18(19)21(25)24-13-16-9-10-23-20(11-16)27-14-15-5-3-2-4-6-15/h2-12H,13-14H2,1H3,(H,24,25). The quantitative estimate of drug-likeness (QED) is 0.663. The van der Waals surface area contributed by atoms with Crippen LogP contribution in [0.2, 0.25) is 5.02 Å². The maximum Gasteiger partial charge on any atom is 0.255 e. The van der Waals surface area contributed by atoms with Gasteiger partial charge in [0.25, 0.3) is 5.91 Å². The fraction of sp³-hybridized carbons (Fsp3) is 0.143. The number of halogens is 1. The van der Waals surface area contributed by atoms with Gasteiger partial charge >= 0.3 is 0 Å². The van der Waals surface area contributed by atoms with Crippen LogP contribution in [-0.4, -0.2) is 18.0 Å². The predicted molar refractivity (Wildman–Crippen MR) is 104 cm³/mol. The SMILES string of the molecule is COc1ccc(Cl)cc1C(=O)NCc1ccnc(OCc2ccccc2)c1. The second-order valence-electron chi connectivity index (χ2n) is 5.80. The van der Waals surface area contributed by atoms with E-state index in [2.05, 4.69) is 10.3 Å². The highest BCUT2D eigenvalue weighted by Gasteiger charge is 2.13. The van der Waals surface area contributed by atoms with Crippen LogP contribution in [-0.2, 0) is 13.2 Å². The summed E-state index contributed by atoms with van der Waals surface area (Å²) in [6, 6.07) is 18.4. The van der Waals surface area contributed by atoms with E-state index in [1.54, 1.807) is 30.5 Å². The number of amides is 1. The van der Waals surface area contributed by atoms with Crippen LogP contribution in [0.4, 0.5) is 0 Å². The molecule has 0 radical (unpaired) electrons. The molecule has 0 unspecified atom stereocenters. The van der Waals surface area contributed by atoms with E-state index in [1.807, 2.05) is 36.4 Å². The Kier molecular flexibility index (Phi) is 6.28. The number of carbonyl (C=O) groups excluding carboxylic acids is 1. The van der Waals surface area contributed by atoms with Crippen molar-refractivity contribution in [3.05, 3.63) is 88.6 Å². The number of rotatable bonds is 7. The lowest BCUT2D eigenvalue weighted by molar-refractivity contribution is 0.0948. The van der Waals surface area contributed by atoms with Gasteiger partial charge in [-0.15, -0.1) is 0 Å². The average Bonchev–Trinajstić information content (AvgIpc) is 2.71. The van der Waals surface area contributed by atoms with E-state index in [9.17, 15) is 4.79 Å². The van der Waals surface area contributed by atoms with Crippen molar-refractivity contribution in [1.82, 2.24) is 10.3 Å². The molecule has 0 fully saturated rings. The van der Waals surface area contributed by atoms with Crippen LogP contribution >= 0.6 is 11.6 Å². The number of hydrogen-bond acceptors (Lipinski definition) is 4. The minimum absolute atomic E-state index is 0.266. The zero-order valence-corrected chi connectivity index (χ0v) is 15.6. The van der Waals surface area contributed by atoms with Crippen molar-refractivity contribution >= 4 is 17.5 Å². The molecular weight excluding hydrogens is 364 g/mol. The van der Waals surface area contributed by atoms with Crippen molar-refractivity contribution in [2.45, 2.75) is 13.2 Å². The molecule has 2 aromatic carbocycles. The molecule has 0 aliphatic carbocycles. The first-order valence-electron chi connectivity index (χ1n) is 8.39. The van der Waals surface area contributed by atoms with Crippen LogP contribution in [0.1, 0.15) is 21.5 Å². The van der Waals surface area contributed by atoms with Gasteiger partial charge in [0.05, 0.1) is 12.7 Å². The summed E-state index contributed by atoms with van der Waals surface area (Å²) < 4.78 is 10.9. The fourth-order valence-corrected chi connectivity index (χ4v) is 2.68. The second kappa shape index (κ2) is 9.05. The third-order valence-corrected chi connectivity index (χ3v) is 4.12. The molecule has 0 atom stereocenters. The molecule has 3 rings (SSSR count). The summed E-state index contributed by atoms with van der Waals surface area (Å²) in [5.41, 5.74) is 2.33. The van der Waals surface area contributed by atoms with Gasteiger partial charge < -0.3 is 14.8 Å². The predicted octanol–water partition coefficient (Wildman–Crippen LogP) is 4.25. The molecule has 1 amide bonds. The molecule has 0 saturated heterocycles. The fourth-order valence-electron chi connectivity index (χ4n) is 2.51. The van der Waals surface area contributed by atoms with Gasteiger partial charge in [0.15, 0.2) is 0 Å². The van der Waals surface area contributed by atoms with Crippen molar-refractivity contribution < 1.29 is 14.3 Å². The highest BCUT2D eigenvalue weighted by atomic mass is 35.5. The summed E-state index contributed by atoms with van der Waals surface area (Å²) >= 11 is 5.98. The molecule has 1 N–H and O–H groups in total. The largest absolute Gasteiger partial charge is 0.496 e. The number of ether oxygens (including phenoxy) is 2. The van der Waals surface area contributed by atoms with E-state index in [0.29, 0.717) is 35.4 Å². The molecule has 6 heteroatoms. The van der Waals surface area contributed by atoms with Crippen molar-refractivity contribution in [3.63, 3.8) is 0 Å². The number of nitrogens with one attached hydrogen (secondary N) is 1. The van der Waals surface area contributed by atoms with Gasteiger partial charge in [-0.05, 0) is 35.4 Å². The first-order chi connectivity index (χ1) is 13.2. The molecule has 0 bridgehead atoms. The number of nitrogens with zero attached hydrogens (tertiary/aromatic N) is 1. The van der Waals surface area contributed by atoms with Crippen LogP contribution in [0.15, 0.2) is 66.9 Å². The van der Waals surface area contributed by atoms with E-state index in [4.69, 9.17) is 21.1 Å². The number of hydrogen-bond donors (Lipinski definition) is 1. The zero-order valence-electron chi connectivity index (χ0n) is 14.8. The zero-order chi connectivity index (χ0) is 19.1. The van der Waals surface area contributed by atoms with Crippen LogP contribution < -0.4 is 14.8 Å². The second-order valence-corrected chi connectivity index (χ2v) is 6.24. The van der Waals surface area contributed by atoms with Crippen molar-refractivity contribution in [3.8, 4) is 11.6 Å². The minimum atomic E-state index is -0.266. The lowest BCUT2D eigenvalue weighted by atomic mass is 10.1. The molecule has 1 aromatic heterocycles. The molecule has 0 aliphatic rings. The lowest BCUT2D eigenvalue weighted by Gasteiger charge is -2.11. The summed E-state index contributed by atoms with van der Waals surface area (Å²) in [6.07, 6.45) is 1.65. The van der Waals surface area contributed by atoms with Gasteiger partial charge in [0.2, 0.25) is 5.88 Å². The van der Waals surface area contributed by atoms with Crippen LogP contribution in [0.5, 0.6) is 11.6 Å². The third-order valence-electron chi connectivity index (χ3n) is 3.89. The molecule has 3 aromatic rings. The molecule has 0 spiro atoms. The lowest BCUT2D eigenvalue weighted by Crippen LogP contribution is -2.23. The first kappa shape index (κ1) is 18.7. The van der Waals surface area contributed by atoms with Crippen LogP contribution in [0, 0.1) is 0 Å². The molecule has 0 saturated carbocycles. The van der Waals surface area contributed by atoms with Gasteiger partial charge in [-0.25, -0.2) is 4.98 Å². The number of pyridine rings is 1. The third kappa shape index (κ3) is 5.21. The maximum absolute atomic E-state index is 12.4. The summed E-state index contributed by atoms with van der Waals surface area (Å²) in [6.45, 7) is 0.766. The van der Waals surface area contributed by atoms with Gasteiger partial charge in [-0.1, -0.05) is 41.9 Å². The topological polar surface area (TPSA) is 60.5 Å². The maximum atomic E-state index is 12.4. The Morgan fingerprint density at radius 2 is 1.89 bits per heavy atom. The van der Waals surface area contributed by atoms with E-state index >= 15 is 0 Å². The Balaban J connectivity index is 1.61. The Hall–Kier alpha value is -3.05. The van der Waals surface area contributed by atoms with E-state index < -0.39 is 0 Å². The van der Waals surface area contributed by atoms with Crippen LogP contribution in [0.3, 0.4) is 0 Å².